The van der Waals surface area contributed by atoms with Gasteiger partial charge < -0.3 is 5.43 Å². The minimum Gasteiger partial charge on any atom is -0.321 e. The van der Waals surface area contributed by atoms with E-state index in [4.69, 9.17) is 0 Å². The van der Waals surface area contributed by atoms with Crippen molar-refractivity contribution >= 4 is 5.69 Å². The van der Waals surface area contributed by atoms with E-state index in [1.165, 1.54) is 5.56 Å². The maximum Gasteiger partial charge on any atom is 0.0516 e. The topological polar surface area (TPSA) is 24.1 Å². The summed E-state index contributed by atoms with van der Waals surface area (Å²) in [4.78, 5) is 0. The Hall–Kier alpha value is -1.02. The highest BCUT2D eigenvalue weighted by Crippen LogP contribution is 2.10. The number of para-hydroxylation sites is 1. The zero-order valence-corrected chi connectivity index (χ0v) is 8.31. The third kappa shape index (κ3) is 3.39. The lowest BCUT2D eigenvalue weighted by molar-refractivity contribution is 0.980. The molecule has 0 saturated carbocycles. The quantitative estimate of drug-likeness (QED) is 0.660. The van der Waals surface area contributed by atoms with Gasteiger partial charge in [0.25, 0.3) is 0 Å². The summed E-state index contributed by atoms with van der Waals surface area (Å²) in [5, 5.41) is 0. The monoisotopic (exact) mass is 166 g/mol. The Labute approximate surface area is 75.0 Å². The Morgan fingerprint density at radius 3 is 2.17 bits per heavy atom. The van der Waals surface area contributed by atoms with Crippen LogP contribution < -0.4 is 10.9 Å². The Morgan fingerprint density at radius 1 is 1.08 bits per heavy atom. The van der Waals surface area contributed by atoms with Crippen LogP contribution in [0, 0.1) is 6.92 Å². The molecule has 0 bridgehead atoms. The summed E-state index contributed by atoms with van der Waals surface area (Å²) in [6, 6.07) is 8.13. The molecule has 12 heavy (non-hydrogen) atoms. The molecular formula is C10H18N2. The van der Waals surface area contributed by atoms with Gasteiger partial charge in [0.2, 0.25) is 0 Å². The van der Waals surface area contributed by atoms with Crippen LogP contribution in [0.5, 0.6) is 0 Å². The van der Waals surface area contributed by atoms with E-state index in [0.717, 1.165) is 5.69 Å². The van der Waals surface area contributed by atoms with Gasteiger partial charge in [-0.25, -0.2) is 5.43 Å². The van der Waals surface area contributed by atoms with Crippen molar-refractivity contribution in [1.29, 1.82) is 0 Å². The van der Waals surface area contributed by atoms with E-state index >= 15 is 0 Å². The zero-order chi connectivity index (χ0) is 9.40. The van der Waals surface area contributed by atoms with Crippen molar-refractivity contribution in [3.63, 3.8) is 0 Å². The summed E-state index contributed by atoms with van der Waals surface area (Å²) in [5.41, 5.74) is 8.28. The number of rotatable bonds is 2. The van der Waals surface area contributed by atoms with E-state index < -0.39 is 0 Å². The Morgan fingerprint density at radius 2 is 1.67 bits per heavy atom. The average Bonchev–Trinajstić information content (AvgIpc) is 2.13. The van der Waals surface area contributed by atoms with Crippen molar-refractivity contribution in [2.45, 2.75) is 20.8 Å². The summed E-state index contributed by atoms with van der Waals surface area (Å²) in [7, 11) is 1.85. The first-order valence-electron chi connectivity index (χ1n) is 4.33. The molecule has 1 aromatic rings. The van der Waals surface area contributed by atoms with Crippen LogP contribution in [0.15, 0.2) is 24.3 Å². The molecule has 2 heteroatoms. The molecule has 0 aliphatic heterocycles. The highest BCUT2D eigenvalue weighted by atomic mass is 15.3. The number of aryl methyl sites for hydroxylation is 1. The van der Waals surface area contributed by atoms with E-state index in [-0.39, 0.29) is 0 Å². The number of hydrazine groups is 1. The predicted molar refractivity (Wildman–Crippen MR) is 55.2 cm³/mol. The summed E-state index contributed by atoms with van der Waals surface area (Å²) in [6.45, 7) is 6.07. The Bertz CT molecular complexity index is 209. The SMILES string of the molecule is CC.CNNc1ccccc1C. The second kappa shape index (κ2) is 6.68. The molecule has 0 fully saturated rings. The largest absolute Gasteiger partial charge is 0.321 e. The summed E-state index contributed by atoms with van der Waals surface area (Å²) < 4.78 is 0. The van der Waals surface area contributed by atoms with Gasteiger partial charge in [-0.15, -0.1) is 0 Å². The molecule has 1 rings (SSSR count). The van der Waals surface area contributed by atoms with Crippen molar-refractivity contribution in [3.8, 4) is 0 Å². The molecule has 68 valence electrons. The van der Waals surface area contributed by atoms with Gasteiger partial charge in [-0.2, -0.15) is 0 Å². The normalized spacial score (nSPS) is 8.33. The van der Waals surface area contributed by atoms with Crippen molar-refractivity contribution < 1.29 is 0 Å². The molecule has 0 unspecified atom stereocenters. The fraction of sp³-hybridized carbons (Fsp3) is 0.400. The van der Waals surface area contributed by atoms with Gasteiger partial charge in [0, 0.05) is 7.05 Å². The van der Waals surface area contributed by atoms with Crippen LogP contribution in [-0.2, 0) is 0 Å². The van der Waals surface area contributed by atoms with Crippen LogP contribution in [0.4, 0.5) is 5.69 Å². The summed E-state index contributed by atoms with van der Waals surface area (Å²) in [5.74, 6) is 0. The third-order valence-electron chi connectivity index (χ3n) is 1.40. The van der Waals surface area contributed by atoms with E-state index in [9.17, 15) is 0 Å². The molecular weight excluding hydrogens is 148 g/mol. The third-order valence-corrected chi connectivity index (χ3v) is 1.40. The molecule has 2 nitrogen and oxygen atoms in total. The Kier molecular flexibility index (Phi) is 6.11. The zero-order valence-electron chi connectivity index (χ0n) is 8.31. The molecule has 0 spiro atoms. The van der Waals surface area contributed by atoms with Crippen molar-refractivity contribution in [2.75, 3.05) is 12.5 Å². The predicted octanol–water partition coefficient (Wildman–Crippen LogP) is 2.57. The average molecular weight is 166 g/mol. The molecule has 0 aliphatic rings. The highest BCUT2D eigenvalue weighted by molar-refractivity contribution is 5.49. The van der Waals surface area contributed by atoms with E-state index in [2.05, 4.69) is 23.8 Å². The fourth-order valence-electron chi connectivity index (χ4n) is 0.848. The first kappa shape index (κ1) is 11.0. The van der Waals surface area contributed by atoms with Crippen LogP contribution >= 0.6 is 0 Å². The molecule has 0 aliphatic carbocycles. The van der Waals surface area contributed by atoms with Gasteiger partial charge in [-0.3, -0.25) is 0 Å². The van der Waals surface area contributed by atoms with Crippen molar-refractivity contribution in [3.05, 3.63) is 29.8 Å². The van der Waals surface area contributed by atoms with Crippen LogP contribution in [0.3, 0.4) is 0 Å². The minimum atomic E-state index is 1.13. The number of benzene rings is 1. The second-order valence-electron chi connectivity index (χ2n) is 2.19. The smallest absolute Gasteiger partial charge is 0.0516 e. The van der Waals surface area contributed by atoms with Gasteiger partial charge in [0.1, 0.15) is 0 Å². The number of hydrogen-bond donors (Lipinski definition) is 2. The van der Waals surface area contributed by atoms with Gasteiger partial charge >= 0.3 is 0 Å². The van der Waals surface area contributed by atoms with Gasteiger partial charge in [0.15, 0.2) is 0 Å². The van der Waals surface area contributed by atoms with E-state index in [1.807, 2.05) is 39.1 Å². The second-order valence-corrected chi connectivity index (χ2v) is 2.19. The van der Waals surface area contributed by atoms with Crippen LogP contribution in [0.1, 0.15) is 19.4 Å². The number of anilines is 1. The molecule has 0 radical (unpaired) electrons. The maximum absolute atomic E-state index is 3.03. The first-order valence-corrected chi connectivity index (χ1v) is 4.33. The molecule has 0 amide bonds. The molecule has 0 saturated heterocycles. The fourth-order valence-corrected chi connectivity index (χ4v) is 0.848. The van der Waals surface area contributed by atoms with Crippen LogP contribution in [-0.4, -0.2) is 7.05 Å². The Balaban J connectivity index is 0.000000561. The molecule has 2 N–H and O–H groups in total. The van der Waals surface area contributed by atoms with Gasteiger partial charge in [0.05, 0.1) is 5.69 Å². The maximum atomic E-state index is 3.03. The van der Waals surface area contributed by atoms with E-state index in [0.29, 0.717) is 0 Å². The van der Waals surface area contributed by atoms with Crippen LogP contribution in [0.2, 0.25) is 0 Å². The lowest BCUT2D eigenvalue weighted by Crippen LogP contribution is -2.15. The summed E-state index contributed by atoms with van der Waals surface area (Å²) >= 11 is 0. The number of nitrogens with one attached hydrogen (secondary N) is 2. The van der Waals surface area contributed by atoms with Crippen LogP contribution in [0.25, 0.3) is 0 Å². The minimum absolute atomic E-state index is 1.13. The molecule has 0 aromatic heterocycles. The van der Waals surface area contributed by atoms with Gasteiger partial charge in [-0.1, -0.05) is 32.0 Å². The molecule has 0 atom stereocenters. The number of hydrogen-bond acceptors (Lipinski definition) is 2. The molecule has 1 aromatic carbocycles. The standard InChI is InChI=1S/C8H12N2.C2H6/c1-7-5-3-4-6-8(7)10-9-2;1-2/h3-6,9-10H,1-2H3;1-2H3. The highest BCUT2D eigenvalue weighted by Gasteiger charge is 1.90. The molecule has 0 heterocycles. The summed E-state index contributed by atoms with van der Waals surface area (Å²) in [6.07, 6.45) is 0. The van der Waals surface area contributed by atoms with Crippen molar-refractivity contribution in [2.24, 2.45) is 0 Å². The lowest BCUT2D eigenvalue weighted by Gasteiger charge is -2.05. The van der Waals surface area contributed by atoms with Crippen molar-refractivity contribution in [1.82, 2.24) is 5.43 Å². The van der Waals surface area contributed by atoms with Gasteiger partial charge in [-0.05, 0) is 18.6 Å². The van der Waals surface area contributed by atoms with E-state index in [1.54, 1.807) is 0 Å². The lowest BCUT2D eigenvalue weighted by atomic mass is 10.2. The first-order chi connectivity index (χ1) is 5.84.